The first-order chi connectivity index (χ1) is 19.3. The zero-order valence-corrected chi connectivity index (χ0v) is 24.7. The fourth-order valence-corrected chi connectivity index (χ4v) is 5.33. The molecular formula is C27H29Cl2F5N6O2. The number of amides is 2. The molecule has 1 aliphatic rings. The van der Waals surface area contributed by atoms with Crippen molar-refractivity contribution >= 4 is 63.4 Å². The molecule has 1 aliphatic heterocycles. The van der Waals surface area contributed by atoms with Crippen LogP contribution < -0.4 is 20.9 Å². The summed E-state index contributed by atoms with van der Waals surface area (Å²) in [5.41, 5.74) is 5.32. The largest absolute Gasteiger partial charge is 0.406 e. The molecule has 2 heterocycles. The van der Waals surface area contributed by atoms with Crippen LogP contribution in [0.15, 0.2) is 24.3 Å². The standard InChI is InChI=1S/C27H29Cl2F5N6O2/c1-25(2,3)23(42)36-11-14-5-6-16(28)21(20(14)29)40(13-27(32,33)34)24-37-17-9-15(22(35)41)18(10-19(17)38(24)4)39-8-7-26(30,31)12-39/h5-6,9-10H,7-8,11-13H2,1-4H3,(H2,35,41)(H,36,42). The number of nitrogens with two attached hydrogens (primary N) is 1. The molecule has 1 fully saturated rings. The minimum atomic E-state index is -4.74. The van der Waals surface area contributed by atoms with Crippen LogP contribution in [0.4, 0.5) is 39.3 Å². The van der Waals surface area contributed by atoms with Crippen molar-refractivity contribution in [3.8, 4) is 0 Å². The molecule has 2 amide bonds. The number of carbonyl (C=O) groups is 2. The van der Waals surface area contributed by atoms with Crippen LogP contribution >= 0.6 is 23.2 Å². The van der Waals surface area contributed by atoms with Crippen molar-refractivity contribution in [2.45, 2.75) is 45.8 Å². The van der Waals surface area contributed by atoms with Gasteiger partial charge in [-0.2, -0.15) is 13.2 Å². The van der Waals surface area contributed by atoms with Crippen molar-refractivity contribution in [1.29, 1.82) is 0 Å². The number of hydrogen-bond acceptors (Lipinski definition) is 5. The summed E-state index contributed by atoms with van der Waals surface area (Å²) in [7, 11) is 1.44. The molecule has 0 radical (unpaired) electrons. The van der Waals surface area contributed by atoms with E-state index in [1.807, 2.05) is 0 Å². The number of alkyl halides is 5. The quantitative estimate of drug-likeness (QED) is 0.302. The van der Waals surface area contributed by atoms with Gasteiger partial charge >= 0.3 is 6.18 Å². The molecule has 0 atom stereocenters. The first-order valence-electron chi connectivity index (χ1n) is 12.8. The third-order valence-electron chi connectivity index (χ3n) is 6.87. The monoisotopic (exact) mass is 634 g/mol. The van der Waals surface area contributed by atoms with Gasteiger partial charge in [0, 0.05) is 32.0 Å². The molecule has 15 heteroatoms. The van der Waals surface area contributed by atoms with Crippen molar-refractivity contribution in [2.75, 3.05) is 29.4 Å². The summed E-state index contributed by atoms with van der Waals surface area (Å²) in [6.07, 6.45) is -5.17. The Balaban J connectivity index is 1.86. The molecule has 4 rings (SSSR count). The van der Waals surface area contributed by atoms with Crippen molar-refractivity contribution in [3.63, 3.8) is 0 Å². The fraction of sp³-hybridized carbons (Fsp3) is 0.444. The molecule has 3 aromatic rings. The highest BCUT2D eigenvalue weighted by Crippen LogP contribution is 2.43. The predicted octanol–water partition coefficient (Wildman–Crippen LogP) is 6.19. The first-order valence-corrected chi connectivity index (χ1v) is 13.6. The Hall–Kier alpha value is -3.32. The third-order valence-corrected chi connectivity index (χ3v) is 7.59. The van der Waals surface area contributed by atoms with Crippen molar-refractivity contribution in [1.82, 2.24) is 14.9 Å². The Morgan fingerprint density at radius 3 is 2.38 bits per heavy atom. The molecule has 42 heavy (non-hydrogen) atoms. The first kappa shape index (κ1) is 31.6. The number of aryl methyl sites for hydroxylation is 1. The lowest BCUT2D eigenvalue weighted by atomic mass is 9.95. The van der Waals surface area contributed by atoms with E-state index in [1.165, 1.54) is 40.8 Å². The van der Waals surface area contributed by atoms with E-state index >= 15 is 0 Å². The van der Waals surface area contributed by atoms with Crippen LogP contribution in [-0.4, -0.2) is 53.1 Å². The molecule has 1 aromatic heterocycles. The number of hydrogen-bond donors (Lipinski definition) is 2. The Kier molecular flexibility index (Phi) is 8.33. The van der Waals surface area contributed by atoms with Crippen LogP contribution in [0.3, 0.4) is 0 Å². The van der Waals surface area contributed by atoms with Gasteiger partial charge in [-0.3, -0.25) is 14.5 Å². The summed E-state index contributed by atoms with van der Waals surface area (Å²) >= 11 is 13.0. The number of carbonyl (C=O) groups excluding carboxylic acids is 2. The van der Waals surface area contributed by atoms with E-state index in [9.17, 15) is 31.5 Å². The van der Waals surface area contributed by atoms with Gasteiger partial charge in [0.2, 0.25) is 11.9 Å². The van der Waals surface area contributed by atoms with Crippen molar-refractivity contribution in [2.24, 2.45) is 18.2 Å². The second kappa shape index (κ2) is 11.1. The highest BCUT2D eigenvalue weighted by atomic mass is 35.5. The average molecular weight is 635 g/mol. The second-order valence-corrected chi connectivity index (χ2v) is 12.0. The van der Waals surface area contributed by atoms with Crippen LogP contribution in [0.25, 0.3) is 11.0 Å². The number of imidazole rings is 1. The minimum Gasteiger partial charge on any atom is -0.366 e. The maximum atomic E-state index is 14.0. The minimum absolute atomic E-state index is 0.0482. The number of benzene rings is 2. The Morgan fingerprint density at radius 2 is 1.83 bits per heavy atom. The Morgan fingerprint density at radius 1 is 1.17 bits per heavy atom. The van der Waals surface area contributed by atoms with Crippen LogP contribution in [0.1, 0.15) is 43.1 Å². The highest BCUT2D eigenvalue weighted by molar-refractivity contribution is 6.39. The maximum absolute atomic E-state index is 14.0. The van der Waals surface area contributed by atoms with Crippen LogP contribution in [0.5, 0.6) is 0 Å². The topological polar surface area (TPSA) is 96.5 Å². The van der Waals surface area contributed by atoms with E-state index in [0.717, 1.165) is 4.90 Å². The summed E-state index contributed by atoms with van der Waals surface area (Å²) < 4.78 is 71.2. The number of nitrogens with one attached hydrogen (secondary N) is 1. The molecule has 1 saturated heterocycles. The van der Waals surface area contributed by atoms with Gasteiger partial charge in [0.15, 0.2) is 0 Å². The molecule has 3 N–H and O–H groups in total. The smallest absolute Gasteiger partial charge is 0.366 e. The SMILES string of the molecule is Cn1c(N(CC(F)(F)F)c2c(Cl)ccc(CNC(=O)C(C)(C)C)c2Cl)nc2cc(C(N)=O)c(N3CCC(F)(F)C3)cc21. The summed E-state index contributed by atoms with van der Waals surface area (Å²) in [5, 5.41) is 2.47. The summed E-state index contributed by atoms with van der Waals surface area (Å²) in [5.74, 6) is -4.41. The fourth-order valence-electron chi connectivity index (χ4n) is 4.69. The zero-order valence-electron chi connectivity index (χ0n) is 23.2. The molecular weight excluding hydrogens is 606 g/mol. The Bertz CT molecular complexity index is 1550. The van der Waals surface area contributed by atoms with E-state index in [0.29, 0.717) is 5.56 Å². The van der Waals surface area contributed by atoms with Gasteiger partial charge in [0.05, 0.1) is 44.6 Å². The van der Waals surface area contributed by atoms with E-state index in [1.54, 1.807) is 20.8 Å². The molecule has 0 spiro atoms. The lowest BCUT2D eigenvalue weighted by Gasteiger charge is -2.28. The average Bonchev–Trinajstić information content (AvgIpc) is 3.38. The van der Waals surface area contributed by atoms with Gasteiger partial charge in [0.25, 0.3) is 11.8 Å². The number of rotatable bonds is 7. The normalized spacial score (nSPS) is 15.4. The Labute approximate surface area is 248 Å². The predicted molar refractivity (Wildman–Crippen MR) is 152 cm³/mol. The number of primary amides is 1. The number of anilines is 3. The van der Waals surface area contributed by atoms with E-state index < -0.39 is 42.9 Å². The van der Waals surface area contributed by atoms with E-state index in [-0.39, 0.29) is 63.0 Å². The zero-order chi connectivity index (χ0) is 31.4. The van der Waals surface area contributed by atoms with Crippen molar-refractivity contribution < 1.29 is 31.5 Å². The lowest BCUT2D eigenvalue weighted by molar-refractivity contribution is -0.128. The summed E-state index contributed by atoms with van der Waals surface area (Å²) in [4.78, 5) is 31.1. The van der Waals surface area contributed by atoms with E-state index in [2.05, 4.69) is 10.3 Å². The number of halogens is 7. The molecule has 0 aliphatic carbocycles. The summed E-state index contributed by atoms with van der Waals surface area (Å²) in [6.45, 7) is 2.80. The highest BCUT2D eigenvalue weighted by Gasteiger charge is 2.40. The van der Waals surface area contributed by atoms with Crippen molar-refractivity contribution in [3.05, 3.63) is 45.4 Å². The molecule has 8 nitrogen and oxygen atoms in total. The lowest BCUT2D eigenvalue weighted by Crippen LogP contribution is -2.35. The maximum Gasteiger partial charge on any atom is 0.406 e. The van der Waals surface area contributed by atoms with Crippen LogP contribution in [0.2, 0.25) is 10.0 Å². The van der Waals surface area contributed by atoms with Crippen LogP contribution in [-0.2, 0) is 18.4 Å². The molecule has 0 bridgehead atoms. The van der Waals surface area contributed by atoms with Crippen LogP contribution in [0, 0.1) is 5.41 Å². The van der Waals surface area contributed by atoms with Gasteiger partial charge in [-0.05, 0) is 23.8 Å². The third kappa shape index (κ3) is 6.51. The molecule has 0 saturated carbocycles. The number of nitrogens with zero attached hydrogens (tertiary/aromatic N) is 4. The van der Waals surface area contributed by atoms with Gasteiger partial charge < -0.3 is 20.5 Å². The van der Waals surface area contributed by atoms with E-state index in [4.69, 9.17) is 28.9 Å². The van der Waals surface area contributed by atoms with Gasteiger partial charge in [-0.1, -0.05) is 50.0 Å². The molecule has 0 unspecified atom stereocenters. The number of aromatic nitrogens is 2. The molecule has 2 aromatic carbocycles. The van der Waals surface area contributed by atoms with Gasteiger partial charge in [0.1, 0.15) is 6.54 Å². The van der Waals surface area contributed by atoms with Gasteiger partial charge in [-0.25, -0.2) is 13.8 Å². The number of fused-ring (bicyclic) bond motifs is 1. The van der Waals surface area contributed by atoms with Gasteiger partial charge in [-0.15, -0.1) is 0 Å². The molecule has 228 valence electrons. The summed E-state index contributed by atoms with van der Waals surface area (Å²) in [6, 6.07) is 5.53. The second-order valence-electron chi connectivity index (χ2n) is 11.2.